The van der Waals surface area contributed by atoms with Crippen molar-refractivity contribution in [2.75, 3.05) is 65.8 Å². The molecule has 0 radical (unpaired) electrons. The minimum absolute atomic E-state index is 0.508. The standard InChI is InChI=1S/C24H33N7S/c1-3-11-25-24(32)28-23-26-21(17-22(27-23)31-12-7-8-19(2)18-31)30-15-13-29(14-16-30)20-9-5-4-6-10-20/h3-6,9-10,17,19H,1,7-8,11-16,18H2,2H3,(H2,25,26,27,28,32)/t19-/m1/s1. The van der Waals surface area contributed by atoms with Crippen molar-refractivity contribution in [2.24, 2.45) is 5.92 Å². The van der Waals surface area contributed by atoms with E-state index in [9.17, 15) is 0 Å². The lowest BCUT2D eigenvalue weighted by molar-refractivity contribution is 0.444. The molecule has 1 aromatic carbocycles. The maximum Gasteiger partial charge on any atom is 0.232 e. The van der Waals surface area contributed by atoms with Gasteiger partial charge in [0.25, 0.3) is 0 Å². The molecule has 0 spiro atoms. The van der Waals surface area contributed by atoms with Gasteiger partial charge in [-0.25, -0.2) is 0 Å². The minimum Gasteiger partial charge on any atom is -0.368 e. The van der Waals surface area contributed by atoms with Gasteiger partial charge in [0.05, 0.1) is 0 Å². The third-order valence-electron chi connectivity index (χ3n) is 6.04. The Bertz CT molecular complexity index is 912. The normalized spacial score (nSPS) is 18.9. The zero-order valence-corrected chi connectivity index (χ0v) is 19.7. The Hall–Kier alpha value is -2.87. The van der Waals surface area contributed by atoms with E-state index in [4.69, 9.17) is 22.2 Å². The highest BCUT2D eigenvalue weighted by molar-refractivity contribution is 7.80. The van der Waals surface area contributed by atoms with Gasteiger partial charge in [-0.05, 0) is 43.1 Å². The summed E-state index contributed by atoms with van der Waals surface area (Å²) < 4.78 is 0. The summed E-state index contributed by atoms with van der Waals surface area (Å²) in [5.41, 5.74) is 1.28. The van der Waals surface area contributed by atoms with Gasteiger partial charge in [-0.3, -0.25) is 0 Å². The van der Waals surface area contributed by atoms with E-state index in [1.54, 1.807) is 6.08 Å². The van der Waals surface area contributed by atoms with Gasteiger partial charge in [-0.1, -0.05) is 31.2 Å². The molecule has 2 fully saturated rings. The van der Waals surface area contributed by atoms with Crippen LogP contribution in [0.5, 0.6) is 0 Å². The highest BCUT2D eigenvalue weighted by atomic mass is 32.1. The number of hydrogen-bond donors (Lipinski definition) is 2. The number of hydrogen-bond acceptors (Lipinski definition) is 6. The van der Waals surface area contributed by atoms with E-state index in [1.165, 1.54) is 18.5 Å². The fraction of sp³-hybridized carbons (Fsp3) is 0.458. The zero-order chi connectivity index (χ0) is 22.3. The molecule has 1 atom stereocenters. The summed E-state index contributed by atoms with van der Waals surface area (Å²) in [6, 6.07) is 12.7. The van der Waals surface area contributed by atoms with Crippen molar-refractivity contribution >= 4 is 40.6 Å². The molecule has 0 aliphatic carbocycles. The van der Waals surface area contributed by atoms with Gasteiger partial charge in [0, 0.05) is 57.6 Å². The molecule has 0 saturated carbocycles. The molecule has 170 valence electrons. The number of rotatable bonds is 6. The van der Waals surface area contributed by atoms with Crippen LogP contribution in [0.1, 0.15) is 19.8 Å². The largest absolute Gasteiger partial charge is 0.368 e. The van der Waals surface area contributed by atoms with Crippen LogP contribution in [0.15, 0.2) is 49.1 Å². The van der Waals surface area contributed by atoms with E-state index in [0.29, 0.717) is 23.5 Å². The van der Waals surface area contributed by atoms with Crippen LogP contribution in [0, 0.1) is 5.92 Å². The molecule has 8 heteroatoms. The van der Waals surface area contributed by atoms with Crippen LogP contribution in [0.4, 0.5) is 23.3 Å². The van der Waals surface area contributed by atoms with E-state index in [0.717, 1.165) is 50.9 Å². The van der Waals surface area contributed by atoms with E-state index in [2.05, 4.69) is 75.2 Å². The Balaban J connectivity index is 1.52. The van der Waals surface area contributed by atoms with E-state index >= 15 is 0 Å². The van der Waals surface area contributed by atoms with Crippen molar-refractivity contribution < 1.29 is 0 Å². The predicted molar refractivity (Wildman–Crippen MR) is 138 cm³/mol. The van der Waals surface area contributed by atoms with Gasteiger partial charge in [-0.15, -0.1) is 6.58 Å². The Labute approximate surface area is 196 Å². The lowest BCUT2D eigenvalue weighted by atomic mass is 10.0. The molecule has 1 aromatic heterocycles. The second-order valence-corrected chi connectivity index (χ2v) is 8.94. The lowest BCUT2D eigenvalue weighted by Crippen LogP contribution is -2.47. The van der Waals surface area contributed by atoms with Gasteiger partial charge in [-0.2, -0.15) is 9.97 Å². The molecular weight excluding hydrogens is 418 g/mol. The minimum atomic E-state index is 0.508. The topological polar surface area (TPSA) is 59.6 Å². The van der Waals surface area contributed by atoms with Crippen molar-refractivity contribution in [3.8, 4) is 0 Å². The first-order valence-corrected chi connectivity index (χ1v) is 11.9. The average Bonchev–Trinajstić information content (AvgIpc) is 2.83. The molecule has 2 aliphatic rings. The second kappa shape index (κ2) is 10.6. The monoisotopic (exact) mass is 451 g/mol. The number of anilines is 4. The van der Waals surface area contributed by atoms with Gasteiger partial charge < -0.3 is 25.3 Å². The summed E-state index contributed by atoms with van der Waals surface area (Å²) in [5, 5.41) is 6.77. The van der Waals surface area contributed by atoms with E-state index < -0.39 is 0 Å². The number of piperazine rings is 1. The lowest BCUT2D eigenvalue weighted by Gasteiger charge is -2.37. The second-order valence-electron chi connectivity index (χ2n) is 8.53. The van der Waals surface area contributed by atoms with E-state index in [-0.39, 0.29) is 0 Å². The third-order valence-corrected chi connectivity index (χ3v) is 6.28. The number of benzene rings is 1. The first-order chi connectivity index (χ1) is 15.6. The molecule has 0 unspecified atom stereocenters. The Morgan fingerprint density at radius 2 is 1.75 bits per heavy atom. The fourth-order valence-corrected chi connectivity index (χ4v) is 4.52. The maximum atomic E-state index is 5.41. The van der Waals surface area contributed by atoms with Gasteiger partial charge in [0.1, 0.15) is 11.6 Å². The first-order valence-electron chi connectivity index (χ1n) is 11.5. The van der Waals surface area contributed by atoms with Crippen LogP contribution in [0.3, 0.4) is 0 Å². The number of piperidine rings is 1. The van der Waals surface area contributed by atoms with Gasteiger partial charge >= 0.3 is 0 Å². The van der Waals surface area contributed by atoms with Crippen LogP contribution < -0.4 is 25.3 Å². The van der Waals surface area contributed by atoms with Crippen molar-refractivity contribution in [1.29, 1.82) is 0 Å². The van der Waals surface area contributed by atoms with Crippen molar-refractivity contribution in [3.63, 3.8) is 0 Å². The smallest absolute Gasteiger partial charge is 0.232 e. The SMILES string of the molecule is C=CCNC(=S)Nc1nc(N2CCN(c3ccccc3)CC2)cc(N2CCC[C@@H](C)C2)n1. The van der Waals surface area contributed by atoms with Crippen molar-refractivity contribution in [2.45, 2.75) is 19.8 Å². The summed E-state index contributed by atoms with van der Waals surface area (Å²) in [6.45, 7) is 12.5. The molecule has 0 bridgehead atoms. The van der Waals surface area contributed by atoms with Crippen LogP contribution >= 0.6 is 12.2 Å². The van der Waals surface area contributed by atoms with Crippen LogP contribution in [-0.2, 0) is 0 Å². The Kier molecular flexibility index (Phi) is 7.42. The molecule has 2 N–H and O–H groups in total. The molecule has 4 rings (SSSR count). The highest BCUT2D eigenvalue weighted by Gasteiger charge is 2.23. The van der Waals surface area contributed by atoms with Crippen LogP contribution in [-0.4, -0.2) is 60.9 Å². The number of nitrogens with one attached hydrogen (secondary N) is 2. The third kappa shape index (κ3) is 5.68. The molecular formula is C24H33N7S. The number of aromatic nitrogens is 2. The predicted octanol–water partition coefficient (Wildman–Crippen LogP) is 3.51. The maximum absolute atomic E-state index is 5.41. The summed E-state index contributed by atoms with van der Waals surface area (Å²) in [5.74, 6) is 3.14. The fourth-order valence-electron chi connectivity index (χ4n) is 4.34. The van der Waals surface area contributed by atoms with Gasteiger partial charge in [0.2, 0.25) is 5.95 Å². The van der Waals surface area contributed by atoms with Gasteiger partial charge in [0.15, 0.2) is 5.11 Å². The highest BCUT2D eigenvalue weighted by Crippen LogP contribution is 2.27. The molecule has 2 aromatic rings. The van der Waals surface area contributed by atoms with Crippen molar-refractivity contribution in [3.05, 3.63) is 49.1 Å². The molecule has 3 heterocycles. The molecule has 7 nitrogen and oxygen atoms in total. The summed E-state index contributed by atoms with van der Waals surface area (Å²) in [6.07, 6.45) is 4.24. The summed E-state index contributed by atoms with van der Waals surface area (Å²) >= 11 is 5.41. The number of thiocarbonyl (C=S) groups is 1. The number of nitrogens with zero attached hydrogens (tertiary/aromatic N) is 5. The first kappa shape index (κ1) is 22.3. The molecule has 2 aliphatic heterocycles. The summed E-state index contributed by atoms with van der Waals surface area (Å²) in [7, 11) is 0. The van der Waals surface area contributed by atoms with Crippen LogP contribution in [0.25, 0.3) is 0 Å². The Morgan fingerprint density at radius 1 is 1.06 bits per heavy atom. The molecule has 0 amide bonds. The summed E-state index contributed by atoms with van der Waals surface area (Å²) in [4.78, 5) is 16.8. The molecule has 32 heavy (non-hydrogen) atoms. The number of para-hydroxylation sites is 1. The van der Waals surface area contributed by atoms with E-state index in [1.807, 2.05) is 0 Å². The van der Waals surface area contributed by atoms with Crippen molar-refractivity contribution in [1.82, 2.24) is 15.3 Å². The zero-order valence-electron chi connectivity index (χ0n) is 18.8. The molecule has 2 saturated heterocycles. The van der Waals surface area contributed by atoms with Crippen LogP contribution in [0.2, 0.25) is 0 Å². The Morgan fingerprint density at radius 3 is 2.44 bits per heavy atom. The quantitative estimate of drug-likeness (QED) is 0.511. The average molecular weight is 452 g/mol.